The summed E-state index contributed by atoms with van der Waals surface area (Å²) in [7, 11) is 1.55. The van der Waals surface area contributed by atoms with Crippen LogP contribution in [0.1, 0.15) is 42.1 Å². The van der Waals surface area contributed by atoms with E-state index in [1.165, 1.54) is 0 Å². The zero-order valence-corrected chi connectivity index (χ0v) is 17.0. The van der Waals surface area contributed by atoms with Gasteiger partial charge in [0.05, 0.1) is 19.2 Å². The number of methoxy groups -OCH3 is 1. The van der Waals surface area contributed by atoms with Gasteiger partial charge in [0.1, 0.15) is 5.75 Å². The van der Waals surface area contributed by atoms with E-state index in [4.69, 9.17) is 4.74 Å². The van der Waals surface area contributed by atoms with Gasteiger partial charge in [-0.15, -0.1) is 0 Å². The summed E-state index contributed by atoms with van der Waals surface area (Å²) in [6, 6.07) is 12.0. The summed E-state index contributed by atoms with van der Waals surface area (Å²) < 4.78 is 5.86. The van der Waals surface area contributed by atoms with Crippen LogP contribution in [-0.2, 0) is 10.4 Å². The molecule has 0 saturated heterocycles. The number of hydrogen-bond donors (Lipinski definition) is 1. The minimum absolute atomic E-state index is 0.295. The van der Waals surface area contributed by atoms with Crippen LogP contribution in [0.15, 0.2) is 46.9 Å². The van der Waals surface area contributed by atoms with Crippen LogP contribution in [0.4, 0.5) is 5.69 Å². The molecule has 3 rings (SSSR count). The fraction of sp³-hybridized carbons (Fsp3) is 0.333. The van der Waals surface area contributed by atoms with E-state index in [2.05, 4.69) is 15.9 Å². The first-order valence-corrected chi connectivity index (χ1v) is 9.71. The Hall–Kier alpha value is -2.18. The molecular formula is C21H22BrNO4. The lowest BCUT2D eigenvalue weighted by Crippen LogP contribution is -2.42. The maximum Gasteiger partial charge on any atom is 0.264 e. The van der Waals surface area contributed by atoms with Crippen LogP contribution in [0.3, 0.4) is 0 Å². The molecule has 1 unspecified atom stereocenters. The van der Waals surface area contributed by atoms with Crippen LogP contribution in [0.25, 0.3) is 0 Å². The lowest BCUT2D eigenvalue weighted by Gasteiger charge is -2.22. The van der Waals surface area contributed by atoms with Crippen LogP contribution in [0, 0.1) is 0 Å². The molecule has 0 bridgehead atoms. The highest BCUT2D eigenvalue weighted by Crippen LogP contribution is 2.44. The minimum Gasteiger partial charge on any atom is -0.497 e. The predicted molar refractivity (Wildman–Crippen MR) is 107 cm³/mol. The lowest BCUT2D eigenvalue weighted by molar-refractivity contribution is -0.135. The van der Waals surface area contributed by atoms with Crippen molar-refractivity contribution in [2.45, 2.75) is 31.8 Å². The molecular weight excluding hydrogens is 410 g/mol. The number of anilines is 1. The normalized spacial score (nSPS) is 18.5. The number of hydrogen-bond acceptors (Lipinski definition) is 4. The highest BCUT2D eigenvalue weighted by Gasteiger charge is 2.50. The van der Waals surface area contributed by atoms with Crippen LogP contribution in [0.5, 0.6) is 5.75 Å². The van der Waals surface area contributed by atoms with E-state index in [-0.39, 0.29) is 12.2 Å². The molecule has 1 atom stereocenters. The monoisotopic (exact) mass is 431 g/mol. The highest BCUT2D eigenvalue weighted by molar-refractivity contribution is 9.10. The quantitative estimate of drug-likeness (QED) is 0.670. The third-order valence-electron chi connectivity index (χ3n) is 4.86. The number of ether oxygens (including phenoxy) is 1. The predicted octanol–water partition coefficient (Wildman–Crippen LogP) is 4.07. The molecule has 0 fully saturated rings. The molecule has 1 amide bonds. The van der Waals surface area contributed by atoms with Crippen molar-refractivity contribution in [3.05, 3.63) is 58.1 Å². The van der Waals surface area contributed by atoms with Gasteiger partial charge in [-0.25, -0.2) is 0 Å². The van der Waals surface area contributed by atoms with Crippen molar-refractivity contribution >= 4 is 33.3 Å². The van der Waals surface area contributed by atoms with Gasteiger partial charge in [0.25, 0.3) is 5.91 Å². The molecule has 0 spiro atoms. The van der Waals surface area contributed by atoms with Gasteiger partial charge in [0, 0.05) is 22.1 Å². The van der Waals surface area contributed by atoms with Crippen molar-refractivity contribution in [1.82, 2.24) is 0 Å². The number of ketones is 1. The molecule has 142 valence electrons. The molecule has 0 aliphatic carbocycles. The van der Waals surface area contributed by atoms with Gasteiger partial charge in [-0.2, -0.15) is 0 Å². The second-order valence-electron chi connectivity index (χ2n) is 6.66. The summed E-state index contributed by atoms with van der Waals surface area (Å²) in [5.74, 6) is -0.0927. The smallest absolute Gasteiger partial charge is 0.264 e. The molecule has 27 heavy (non-hydrogen) atoms. The summed E-state index contributed by atoms with van der Waals surface area (Å²) in [6.45, 7) is 2.56. The first kappa shape index (κ1) is 19.6. The fourth-order valence-corrected chi connectivity index (χ4v) is 3.70. The van der Waals surface area contributed by atoms with Crippen LogP contribution < -0.4 is 9.64 Å². The molecule has 1 heterocycles. The van der Waals surface area contributed by atoms with E-state index in [9.17, 15) is 14.7 Å². The average Bonchev–Trinajstić information content (AvgIpc) is 2.87. The maximum atomic E-state index is 13.1. The molecule has 2 aromatic rings. The third kappa shape index (κ3) is 3.64. The molecule has 1 aliphatic rings. The van der Waals surface area contributed by atoms with Crippen molar-refractivity contribution in [1.29, 1.82) is 0 Å². The Kier molecular flexibility index (Phi) is 5.67. The molecule has 1 N–H and O–H groups in total. The second-order valence-corrected chi connectivity index (χ2v) is 7.58. The molecule has 0 radical (unpaired) electrons. The highest BCUT2D eigenvalue weighted by atomic mass is 79.9. The molecule has 5 nitrogen and oxygen atoms in total. The number of amides is 1. The van der Waals surface area contributed by atoms with E-state index in [1.54, 1.807) is 42.3 Å². The summed E-state index contributed by atoms with van der Waals surface area (Å²) in [4.78, 5) is 27.4. The molecule has 2 aromatic carbocycles. The Morgan fingerprint density at radius 3 is 2.56 bits per heavy atom. The van der Waals surface area contributed by atoms with Gasteiger partial charge in [0.2, 0.25) is 0 Å². The Morgan fingerprint density at radius 2 is 1.93 bits per heavy atom. The van der Waals surface area contributed by atoms with Crippen molar-refractivity contribution in [3.63, 3.8) is 0 Å². The third-order valence-corrected chi connectivity index (χ3v) is 5.35. The number of unbranched alkanes of at least 4 members (excludes halogenated alkanes) is 1. The first-order chi connectivity index (χ1) is 12.9. The number of fused-ring (bicyclic) bond motifs is 1. The van der Waals surface area contributed by atoms with Gasteiger partial charge in [-0.05, 0) is 48.9 Å². The largest absolute Gasteiger partial charge is 0.497 e. The number of nitrogens with zero attached hydrogens (tertiary/aromatic N) is 1. The number of carbonyl (C=O) groups is 2. The summed E-state index contributed by atoms with van der Waals surface area (Å²) in [5, 5.41) is 11.3. The number of benzene rings is 2. The van der Waals surface area contributed by atoms with Crippen molar-refractivity contribution in [3.8, 4) is 5.75 Å². The minimum atomic E-state index is -1.86. The Balaban J connectivity index is 1.94. The molecule has 6 heteroatoms. The van der Waals surface area contributed by atoms with Gasteiger partial charge in [-0.1, -0.05) is 29.3 Å². The van der Waals surface area contributed by atoms with E-state index < -0.39 is 11.5 Å². The van der Waals surface area contributed by atoms with Gasteiger partial charge in [-0.3, -0.25) is 9.59 Å². The molecule has 0 aromatic heterocycles. The van der Waals surface area contributed by atoms with Crippen molar-refractivity contribution in [2.24, 2.45) is 0 Å². The summed E-state index contributed by atoms with van der Waals surface area (Å²) in [5.41, 5.74) is -0.286. The van der Waals surface area contributed by atoms with Gasteiger partial charge < -0.3 is 14.7 Å². The van der Waals surface area contributed by atoms with Crippen molar-refractivity contribution in [2.75, 3.05) is 18.6 Å². The second kappa shape index (κ2) is 7.82. The van der Waals surface area contributed by atoms with Crippen LogP contribution >= 0.6 is 15.9 Å². The van der Waals surface area contributed by atoms with Crippen LogP contribution in [0.2, 0.25) is 0 Å². The van der Waals surface area contributed by atoms with E-state index >= 15 is 0 Å². The number of halogens is 1. The maximum absolute atomic E-state index is 13.1. The lowest BCUT2D eigenvalue weighted by atomic mass is 9.88. The fourth-order valence-electron chi connectivity index (χ4n) is 3.34. The topological polar surface area (TPSA) is 66.8 Å². The number of aliphatic hydroxyl groups is 1. The molecule has 0 saturated carbocycles. The van der Waals surface area contributed by atoms with E-state index in [0.717, 1.165) is 17.3 Å². The SMILES string of the molecule is CCCCN1C(=O)C(O)(CC(=O)c2ccc(OC)cc2)c2cc(Br)ccc21. The van der Waals surface area contributed by atoms with E-state index in [1.807, 2.05) is 19.1 Å². The standard InChI is InChI=1S/C21H22BrNO4/c1-3-4-11-23-18-10-7-15(22)12-17(18)21(26,20(23)25)13-19(24)14-5-8-16(27-2)9-6-14/h5-10,12,26H,3-4,11,13H2,1-2H3. The first-order valence-electron chi connectivity index (χ1n) is 8.92. The van der Waals surface area contributed by atoms with Crippen molar-refractivity contribution < 1.29 is 19.4 Å². The summed E-state index contributed by atoms with van der Waals surface area (Å²) >= 11 is 3.40. The molecule has 1 aliphatic heterocycles. The number of carbonyl (C=O) groups excluding carboxylic acids is 2. The zero-order valence-electron chi connectivity index (χ0n) is 15.4. The van der Waals surface area contributed by atoms with Crippen LogP contribution in [-0.4, -0.2) is 30.5 Å². The van der Waals surface area contributed by atoms with Gasteiger partial charge in [0.15, 0.2) is 11.4 Å². The number of Topliss-reactive ketones (excluding diaryl/α,β-unsaturated/α-hetero) is 1. The number of rotatable bonds is 7. The zero-order chi connectivity index (χ0) is 19.6. The average molecular weight is 432 g/mol. The van der Waals surface area contributed by atoms with E-state index in [0.29, 0.717) is 29.1 Å². The Bertz CT molecular complexity index is 865. The Labute approximate surface area is 167 Å². The van der Waals surface area contributed by atoms with Gasteiger partial charge >= 0.3 is 0 Å². The summed E-state index contributed by atoms with van der Waals surface area (Å²) in [6.07, 6.45) is 1.45. The Morgan fingerprint density at radius 1 is 1.22 bits per heavy atom.